The lowest BCUT2D eigenvalue weighted by molar-refractivity contribution is 0.868. The number of hydrogen-bond acceptors (Lipinski definition) is 2. The molecule has 0 aliphatic carbocycles. The number of benzene rings is 7. The molecule has 0 fully saturated rings. The topological polar surface area (TPSA) is 51.4 Å². The van der Waals surface area contributed by atoms with Gasteiger partial charge in [-0.25, -0.2) is 9.97 Å². The van der Waals surface area contributed by atoms with Crippen LogP contribution in [0.2, 0.25) is 0 Å². The molecule has 0 saturated carbocycles. The Bertz CT molecular complexity index is 3410. The van der Waals surface area contributed by atoms with E-state index in [1.165, 1.54) is 60.4 Å². The van der Waals surface area contributed by atoms with Crippen LogP contribution in [0, 0.1) is 20.8 Å². The average molecular weight is 762 g/mol. The lowest BCUT2D eigenvalue weighted by Crippen LogP contribution is -2.01. The highest BCUT2D eigenvalue weighted by Crippen LogP contribution is 2.43. The molecule has 11 aromatic rings. The second kappa shape index (κ2) is 13.4. The minimum Gasteiger partial charge on any atom is -0.354 e. The predicted octanol–water partition coefficient (Wildman–Crippen LogP) is 14.2. The van der Waals surface area contributed by atoms with Crippen molar-refractivity contribution in [3.05, 3.63) is 180 Å². The number of H-pyrrole nitrogens is 1. The maximum atomic E-state index is 5.59. The molecule has 0 bridgehead atoms. The van der Waals surface area contributed by atoms with Gasteiger partial charge in [0.2, 0.25) is 0 Å². The van der Waals surface area contributed by atoms with Crippen molar-refractivity contribution < 1.29 is 0 Å². The van der Waals surface area contributed by atoms with E-state index in [2.05, 4.69) is 194 Å². The molecule has 4 aromatic heterocycles. The van der Waals surface area contributed by atoms with Crippen LogP contribution >= 0.6 is 0 Å². The third-order valence-corrected chi connectivity index (χ3v) is 12.2. The van der Waals surface area contributed by atoms with Gasteiger partial charge in [-0.2, -0.15) is 0 Å². The summed E-state index contributed by atoms with van der Waals surface area (Å²) in [4.78, 5) is 14.3. The van der Waals surface area contributed by atoms with Crippen LogP contribution in [0.4, 0.5) is 0 Å². The number of rotatable bonds is 6. The Hall–Kier alpha value is -7.24. The van der Waals surface area contributed by atoms with Crippen LogP contribution < -0.4 is 0 Å². The van der Waals surface area contributed by atoms with Gasteiger partial charge in [-0.3, -0.25) is 9.13 Å². The molecule has 5 heteroatoms. The highest BCUT2D eigenvalue weighted by molar-refractivity contribution is 6.14. The van der Waals surface area contributed by atoms with Crippen LogP contribution in [-0.2, 0) is 0 Å². The fourth-order valence-corrected chi connectivity index (χ4v) is 9.70. The van der Waals surface area contributed by atoms with Crippen LogP contribution in [0.25, 0.3) is 99.8 Å². The molecule has 284 valence electrons. The molecule has 0 unspecified atom stereocenters. The first-order chi connectivity index (χ1) is 28.8. The molecule has 4 heterocycles. The van der Waals surface area contributed by atoms with Gasteiger partial charge >= 0.3 is 0 Å². The van der Waals surface area contributed by atoms with Gasteiger partial charge in [0.05, 0.1) is 27.6 Å². The van der Waals surface area contributed by atoms with Crippen molar-refractivity contribution in [2.75, 3.05) is 0 Å². The summed E-state index contributed by atoms with van der Waals surface area (Å²) in [7, 11) is 0. The summed E-state index contributed by atoms with van der Waals surface area (Å²) in [6.07, 6.45) is 1.89. The number of nitrogens with zero attached hydrogens (tertiary/aromatic N) is 4. The quantitative estimate of drug-likeness (QED) is 0.183. The summed E-state index contributed by atoms with van der Waals surface area (Å²) in [5, 5.41) is 4.84. The molecular weight excluding hydrogens is 719 g/mol. The predicted molar refractivity (Wildman–Crippen MR) is 247 cm³/mol. The SMILES string of the molecule is Cc1cc(C)c(-c2cc(C(C)C)c3c(c2)c2ccc(-c4cccc5c4nc(-c4cccc6c4[nH]c4ccccc46)n5-c4ccccc4)cc2n3-c2ccccn2)c(C)c1. The Morgan fingerprint density at radius 2 is 1.31 bits per heavy atom. The van der Waals surface area contributed by atoms with Gasteiger partial charge in [0.25, 0.3) is 0 Å². The summed E-state index contributed by atoms with van der Waals surface area (Å²) in [6.45, 7) is 11.3. The first-order valence-electron chi connectivity index (χ1n) is 20.5. The maximum absolute atomic E-state index is 5.59. The molecule has 11 rings (SSSR count). The van der Waals surface area contributed by atoms with E-state index in [9.17, 15) is 0 Å². The zero-order valence-corrected chi connectivity index (χ0v) is 33.9. The van der Waals surface area contributed by atoms with Gasteiger partial charge in [0.1, 0.15) is 11.6 Å². The number of imidazole rings is 1. The van der Waals surface area contributed by atoms with E-state index in [0.29, 0.717) is 0 Å². The fraction of sp³-hybridized carbons (Fsp3) is 0.111. The Morgan fingerprint density at radius 1 is 0.559 bits per heavy atom. The first-order valence-corrected chi connectivity index (χ1v) is 20.5. The molecule has 0 spiro atoms. The molecule has 7 aromatic carbocycles. The smallest absolute Gasteiger partial charge is 0.147 e. The van der Waals surface area contributed by atoms with Crippen LogP contribution in [0.1, 0.15) is 42.0 Å². The van der Waals surface area contributed by atoms with Crippen molar-refractivity contribution in [1.29, 1.82) is 0 Å². The van der Waals surface area contributed by atoms with Crippen molar-refractivity contribution in [2.24, 2.45) is 0 Å². The van der Waals surface area contributed by atoms with E-state index < -0.39 is 0 Å². The Labute approximate surface area is 343 Å². The Kier molecular flexibility index (Phi) is 7.96. The zero-order valence-electron chi connectivity index (χ0n) is 33.9. The standard InChI is InChI=1S/C54H43N5/c1-32(2)44-29-37(50-34(4)27-33(3)28-35(50)5)30-45-41-25-24-36(31-48(41)59(53(44)45)49-23-11-12-26-55-49)39-18-14-22-47-52(39)57-54(58(47)38-15-7-6-8-16-38)43-20-13-19-42-40-17-9-10-21-46(40)56-51(42)43/h6-32,56H,1-5H3. The van der Waals surface area contributed by atoms with E-state index in [-0.39, 0.29) is 5.92 Å². The van der Waals surface area contributed by atoms with Crippen molar-refractivity contribution in [2.45, 2.75) is 40.5 Å². The zero-order chi connectivity index (χ0) is 39.9. The van der Waals surface area contributed by atoms with E-state index in [1.54, 1.807) is 0 Å². The average Bonchev–Trinajstić information content (AvgIpc) is 3.93. The summed E-state index contributed by atoms with van der Waals surface area (Å²) in [5.74, 6) is 2.09. The third-order valence-electron chi connectivity index (χ3n) is 12.2. The third kappa shape index (κ3) is 5.45. The van der Waals surface area contributed by atoms with E-state index in [0.717, 1.165) is 61.6 Å². The van der Waals surface area contributed by atoms with Crippen LogP contribution in [0.5, 0.6) is 0 Å². The van der Waals surface area contributed by atoms with Gasteiger partial charge in [-0.15, -0.1) is 0 Å². The molecule has 0 radical (unpaired) electrons. The van der Waals surface area contributed by atoms with Crippen LogP contribution in [0.15, 0.2) is 158 Å². The van der Waals surface area contributed by atoms with Gasteiger partial charge in [-0.05, 0) is 121 Å². The second-order valence-corrected chi connectivity index (χ2v) is 16.3. The normalized spacial score (nSPS) is 12.0. The number of aromatic amines is 1. The number of pyridine rings is 1. The van der Waals surface area contributed by atoms with Crippen molar-refractivity contribution in [1.82, 2.24) is 24.1 Å². The highest BCUT2D eigenvalue weighted by Gasteiger charge is 2.24. The maximum Gasteiger partial charge on any atom is 0.147 e. The molecule has 0 atom stereocenters. The monoisotopic (exact) mass is 761 g/mol. The molecule has 59 heavy (non-hydrogen) atoms. The molecule has 0 saturated heterocycles. The molecule has 0 amide bonds. The van der Waals surface area contributed by atoms with Gasteiger partial charge in [0.15, 0.2) is 0 Å². The van der Waals surface area contributed by atoms with Crippen molar-refractivity contribution in [3.63, 3.8) is 0 Å². The van der Waals surface area contributed by atoms with Crippen molar-refractivity contribution >= 4 is 54.6 Å². The summed E-state index contributed by atoms with van der Waals surface area (Å²) < 4.78 is 4.70. The molecular formula is C54H43N5. The Balaban J connectivity index is 1.19. The lowest BCUT2D eigenvalue weighted by Gasteiger charge is -2.17. The highest BCUT2D eigenvalue weighted by atomic mass is 15.1. The van der Waals surface area contributed by atoms with Crippen LogP contribution in [0.3, 0.4) is 0 Å². The number of hydrogen-bond donors (Lipinski definition) is 1. The number of aromatic nitrogens is 5. The van der Waals surface area contributed by atoms with Crippen molar-refractivity contribution in [3.8, 4) is 45.1 Å². The van der Waals surface area contributed by atoms with Gasteiger partial charge in [-0.1, -0.05) is 110 Å². The lowest BCUT2D eigenvalue weighted by atomic mass is 9.89. The second-order valence-electron chi connectivity index (χ2n) is 16.3. The molecule has 5 nitrogen and oxygen atoms in total. The van der Waals surface area contributed by atoms with Gasteiger partial charge < -0.3 is 4.98 Å². The Morgan fingerprint density at radius 3 is 2.10 bits per heavy atom. The largest absolute Gasteiger partial charge is 0.354 e. The summed E-state index contributed by atoms with van der Waals surface area (Å²) >= 11 is 0. The summed E-state index contributed by atoms with van der Waals surface area (Å²) in [6, 6.07) is 54.8. The number of aryl methyl sites for hydroxylation is 3. The molecule has 0 aliphatic heterocycles. The minimum atomic E-state index is 0.283. The minimum absolute atomic E-state index is 0.283. The van der Waals surface area contributed by atoms with Crippen LogP contribution in [-0.4, -0.2) is 24.1 Å². The first kappa shape index (κ1) is 35.0. The number of para-hydroxylation sites is 4. The summed E-state index contributed by atoms with van der Waals surface area (Å²) in [5.41, 5.74) is 18.6. The van der Waals surface area contributed by atoms with E-state index >= 15 is 0 Å². The molecule has 0 aliphatic rings. The van der Waals surface area contributed by atoms with E-state index in [1.807, 2.05) is 12.3 Å². The number of fused-ring (bicyclic) bond motifs is 7. The fourth-order valence-electron chi connectivity index (χ4n) is 9.70. The van der Waals surface area contributed by atoms with Gasteiger partial charge in [0, 0.05) is 50.1 Å². The molecule has 1 N–H and O–H groups in total. The number of nitrogens with one attached hydrogen (secondary N) is 1. The van der Waals surface area contributed by atoms with E-state index in [4.69, 9.17) is 9.97 Å².